The van der Waals surface area contributed by atoms with Crippen LogP contribution in [0.1, 0.15) is 39.5 Å². The maximum atomic E-state index is 12.9. The van der Waals surface area contributed by atoms with Crippen LogP contribution in [-0.2, 0) is 9.59 Å². The Hall–Kier alpha value is -0.710. The summed E-state index contributed by atoms with van der Waals surface area (Å²) in [5.41, 5.74) is 0. The van der Waals surface area contributed by atoms with Crippen LogP contribution < -0.4 is 0 Å². The summed E-state index contributed by atoms with van der Waals surface area (Å²) in [6.45, 7) is 5.69. The summed E-state index contributed by atoms with van der Waals surface area (Å²) in [5, 5.41) is 0. The van der Waals surface area contributed by atoms with E-state index >= 15 is 0 Å². The molecule has 5 heteroatoms. The number of hydrogen-bond acceptors (Lipinski definition) is 3. The van der Waals surface area contributed by atoms with Crippen LogP contribution in [0.15, 0.2) is 0 Å². The number of amides is 2. The third-order valence-corrected chi connectivity index (χ3v) is 6.17. The number of thioether (sulfide) groups is 1. The van der Waals surface area contributed by atoms with Crippen LogP contribution in [0.5, 0.6) is 0 Å². The highest BCUT2D eigenvalue weighted by molar-refractivity contribution is 7.99. The van der Waals surface area contributed by atoms with Crippen molar-refractivity contribution in [3.8, 4) is 0 Å². The smallest absolute Gasteiger partial charge is 0.246 e. The molecule has 3 saturated heterocycles. The molecule has 3 fully saturated rings. The van der Waals surface area contributed by atoms with E-state index in [1.807, 2.05) is 21.6 Å². The second-order valence-electron chi connectivity index (χ2n) is 6.92. The second-order valence-corrected chi connectivity index (χ2v) is 8.15. The molecular weight excluding hydrogens is 284 g/mol. The Balaban J connectivity index is 1.80. The summed E-state index contributed by atoms with van der Waals surface area (Å²) < 4.78 is 0. The van der Waals surface area contributed by atoms with Crippen LogP contribution in [0.25, 0.3) is 0 Å². The van der Waals surface area contributed by atoms with Crippen LogP contribution in [0.2, 0.25) is 0 Å². The number of carbonyl (C=O) groups is 2. The summed E-state index contributed by atoms with van der Waals surface area (Å²) in [7, 11) is 0. The van der Waals surface area contributed by atoms with E-state index < -0.39 is 0 Å². The predicted octanol–water partition coefficient (Wildman–Crippen LogP) is 1.99. The van der Waals surface area contributed by atoms with E-state index in [-0.39, 0.29) is 29.8 Å². The molecule has 4 nitrogen and oxygen atoms in total. The van der Waals surface area contributed by atoms with Gasteiger partial charge in [0.05, 0.1) is 0 Å². The first-order valence-corrected chi connectivity index (χ1v) is 9.43. The van der Waals surface area contributed by atoms with Gasteiger partial charge in [0.2, 0.25) is 11.8 Å². The van der Waals surface area contributed by atoms with E-state index in [0.717, 1.165) is 25.9 Å². The van der Waals surface area contributed by atoms with Crippen LogP contribution in [0, 0.1) is 11.8 Å². The van der Waals surface area contributed by atoms with E-state index in [1.54, 1.807) is 0 Å². The van der Waals surface area contributed by atoms with Gasteiger partial charge in [-0.3, -0.25) is 9.59 Å². The molecule has 0 saturated carbocycles. The quantitative estimate of drug-likeness (QED) is 0.800. The summed E-state index contributed by atoms with van der Waals surface area (Å²) in [4.78, 5) is 29.4. The molecule has 3 aliphatic heterocycles. The second kappa shape index (κ2) is 6.19. The molecule has 0 N–H and O–H groups in total. The molecule has 118 valence electrons. The predicted molar refractivity (Wildman–Crippen MR) is 85.1 cm³/mol. The number of fused-ring (bicyclic) bond motifs is 1. The normalized spacial score (nSPS) is 31.2. The zero-order chi connectivity index (χ0) is 15.0. The standard InChI is InChI=1S/C16H26N2O2S/c1-11(2)14-16(20)17-7-3-4-13(17)15(19)18(14)10-12-5-8-21-9-6-12/h11-14H,3-10H2,1-2H3. The van der Waals surface area contributed by atoms with Gasteiger partial charge in [0, 0.05) is 13.1 Å². The molecule has 0 spiro atoms. The van der Waals surface area contributed by atoms with Crippen LogP contribution >= 0.6 is 11.8 Å². The van der Waals surface area contributed by atoms with Crippen molar-refractivity contribution >= 4 is 23.6 Å². The molecule has 3 rings (SSSR count). The molecule has 0 aromatic carbocycles. The maximum absolute atomic E-state index is 12.9. The lowest BCUT2D eigenvalue weighted by molar-refractivity contribution is -0.162. The number of hydrogen-bond donors (Lipinski definition) is 0. The minimum absolute atomic E-state index is 0.162. The largest absolute Gasteiger partial charge is 0.329 e. The molecule has 0 aliphatic carbocycles. The Morgan fingerprint density at radius 1 is 1.14 bits per heavy atom. The lowest BCUT2D eigenvalue weighted by atomic mass is 9.93. The van der Waals surface area contributed by atoms with Gasteiger partial charge in [0.25, 0.3) is 0 Å². The first-order chi connectivity index (χ1) is 10.1. The van der Waals surface area contributed by atoms with Crippen molar-refractivity contribution < 1.29 is 9.59 Å². The molecule has 3 heterocycles. The number of carbonyl (C=O) groups excluding carboxylic acids is 2. The van der Waals surface area contributed by atoms with Gasteiger partial charge in [-0.05, 0) is 49.0 Å². The molecule has 0 bridgehead atoms. The third-order valence-electron chi connectivity index (χ3n) is 5.12. The van der Waals surface area contributed by atoms with E-state index in [2.05, 4.69) is 13.8 Å². The van der Waals surface area contributed by atoms with Crippen molar-refractivity contribution in [2.75, 3.05) is 24.6 Å². The fraction of sp³-hybridized carbons (Fsp3) is 0.875. The number of nitrogens with zero attached hydrogens (tertiary/aromatic N) is 2. The van der Waals surface area contributed by atoms with Crippen LogP contribution in [-0.4, -0.2) is 58.3 Å². The molecule has 0 aromatic rings. The summed E-state index contributed by atoms with van der Waals surface area (Å²) >= 11 is 2.01. The van der Waals surface area contributed by atoms with E-state index in [4.69, 9.17) is 0 Å². The Morgan fingerprint density at radius 3 is 2.52 bits per heavy atom. The molecule has 2 unspecified atom stereocenters. The van der Waals surface area contributed by atoms with Crippen LogP contribution in [0.4, 0.5) is 0 Å². The minimum atomic E-state index is -0.235. The topological polar surface area (TPSA) is 40.6 Å². The maximum Gasteiger partial charge on any atom is 0.246 e. The Morgan fingerprint density at radius 2 is 1.86 bits per heavy atom. The first-order valence-electron chi connectivity index (χ1n) is 8.28. The lowest BCUT2D eigenvalue weighted by Crippen LogP contribution is -2.65. The van der Waals surface area contributed by atoms with E-state index in [0.29, 0.717) is 5.92 Å². The number of rotatable bonds is 3. The van der Waals surface area contributed by atoms with Gasteiger partial charge in [-0.1, -0.05) is 13.8 Å². The van der Waals surface area contributed by atoms with Crippen molar-refractivity contribution in [2.24, 2.45) is 11.8 Å². The third kappa shape index (κ3) is 2.81. The summed E-state index contributed by atoms with van der Waals surface area (Å²) in [6, 6.07) is -0.396. The zero-order valence-electron chi connectivity index (χ0n) is 13.1. The lowest BCUT2D eigenvalue weighted by Gasteiger charge is -2.45. The number of piperazine rings is 1. The van der Waals surface area contributed by atoms with Crippen LogP contribution in [0.3, 0.4) is 0 Å². The monoisotopic (exact) mass is 310 g/mol. The highest BCUT2D eigenvalue weighted by Gasteiger charge is 2.48. The SMILES string of the molecule is CC(C)C1C(=O)N2CCCC2C(=O)N1CC1CCSCC1. The molecule has 2 amide bonds. The van der Waals surface area contributed by atoms with Crippen molar-refractivity contribution in [3.05, 3.63) is 0 Å². The van der Waals surface area contributed by atoms with Gasteiger partial charge in [-0.25, -0.2) is 0 Å². The first kappa shape index (κ1) is 15.2. The van der Waals surface area contributed by atoms with Crippen molar-refractivity contribution in [3.63, 3.8) is 0 Å². The molecule has 3 aliphatic rings. The zero-order valence-corrected chi connectivity index (χ0v) is 13.9. The highest BCUT2D eigenvalue weighted by atomic mass is 32.2. The Kier molecular flexibility index (Phi) is 4.48. The summed E-state index contributed by atoms with van der Waals surface area (Å²) in [6.07, 6.45) is 4.19. The molecular formula is C16H26N2O2S. The minimum Gasteiger partial charge on any atom is -0.329 e. The van der Waals surface area contributed by atoms with E-state index in [1.165, 1.54) is 24.3 Å². The van der Waals surface area contributed by atoms with Crippen molar-refractivity contribution in [2.45, 2.75) is 51.6 Å². The van der Waals surface area contributed by atoms with Gasteiger partial charge >= 0.3 is 0 Å². The van der Waals surface area contributed by atoms with Gasteiger partial charge in [0.15, 0.2) is 0 Å². The average Bonchev–Trinajstić information content (AvgIpc) is 2.95. The highest BCUT2D eigenvalue weighted by Crippen LogP contribution is 2.32. The molecule has 21 heavy (non-hydrogen) atoms. The molecule has 0 radical (unpaired) electrons. The fourth-order valence-corrected chi connectivity index (χ4v) is 5.18. The average molecular weight is 310 g/mol. The molecule has 0 aromatic heterocycles. The van der Waals surface area contributed by atoms with Crippen molar-refractivity contribution in [1.29, 1.82) is 0 Å². The summed E-state index contributed by atoms with van der Waals surface area (Å²) in [5.74, 6) is 3.57. The van der Waals surface area contributed by atoms with Gasteiger partial charge in [0.1, 0.15) is 12.1 Å². The Bertz CT molecular complexity index is 421. The van der Waals surface area contributed by atoms with Crippen molar-refractivity contribution in [1.82, 2.24) is 9.80 Å². The Labute approximate surface area is 131 Å². The van der Waals surface area contributed by atoms with Gasteiger partial charge in [-0.2, -0.15) is 11.8 Å². The van der Waals surface area contributed by atoms with E-state index in [9.17, 15) is 9.59 Å². The molecule has 2 atom stereocenters. The fourth-order valence-electron chi connectivity index (χ4n) is 3.97. The van der Waals surface area contributed by atoms with Gasteiger partial charge < -0.3 is 9.80 Å². The van der Waals surface area contributed by atoms with Gasteiger partial charge in [-0.15, -0.1) is 0 Å².